The number of carbonyl (C=O) groups excluding carboxylic acids is 1. The Bertz CT molecular complexity index is 733. The smallest absolute Gasteiger partial charge is 0.410 e. The van der Waals surface area contributed by atoms with Crippen LogP contribution >= 0.6 is 11.8 Å². The zero-order valence-corrected chi connectivity index (χ0v) is 16.9. The van der Waals surface area contributed by atoms with Crippen molar-refractivity contribution >= 4 is 17.9 Å². The number of piperidine rings is 1. The first kappa shape index (κ1) is 19.8. The molecule has 2 aromatic rings. The highest BCUT2D eigenvalue weighted by atomic mass is 32.2. The third-order valence-electron chi connectivity index (χ3n) is 4.81. The summed E-state index contributed by atoms with van der Waals surface area (Å²) in [6.45, 7) is 5.86. The van der Waals surface area contributed by atoms with Gasteiger partial charge < -0.3 is 15.4 Å². The molecule has 1 fully saturated rings. The maximum absolute atomic E-state index is 12.3. The SMILES string of the molecule is CC(C)(N)c1ccc(SC2CCN(C(=O)OCc3ccccc3)CC2)cc1. The summed E-state index contributed by atoms with van der Waals surface area (Å²) in [5, 5.41) is 0.528. The number of amides is 1. The normalized spacial score (nSPS) is 15.6. The molecular formula is C22H28N2O2S. The summed E-state index contributed by atoms with van der Waals surface area (Å²) in [7, 11) is 0. The maximum Gasteiger partial charge on any atom is 0.410 e. The molecule has 0 spiro atoms. The van der Waals surface area contributed by atoms with Crippen LogP contribution in [0.2, 0.25) is 0 Å². The largest absolute Gasteiger partial charge is 0.445 e. The first-order valence-corrected chi connectivity index (χ1v) is 10.3. The number of nitrogens with two attached hydrogens (primary N) is 1. The molecule has 1 amide bonds. The minimum atomic E-state index is -0.311. The van der Waals surface area contributed by atoms with Crippen molar-refractivity contribution in [1.29, 1.82) is 0 Å². The number of hydrogen-bond acceptors (Lipinski definition) is 4. The fourth-order valence-electron chi connectivity index (χ4n) is 3.12. The van der Waals surface area contributed by atoms with Crippen LogP contribution < -0.4 is 5.73 Å². The van der Waals surface area contributed by atoms with E-state index in [0.29, 0.717) is 11.9 Å². The number of ether oxygens (including phenoxy) is 1. The van der Waals surface area contributed by atoms with E-state index in [9.17, 15) is 4.79 Å². The highest BCUT2D eigenvalue weighted by Crippen LogP contribution is 2.31. The van der Waals surface area contributed by atoms with E-state index >= 15 is 0 Å². The lowest BCUT2D eigenvalue weighted by molar-refractivity contribution is 0.0901. The number of hydrogen-bond donors (Lipinski definition) is 1. The Morgan fingerprint density at radius 1 is 1.11 bits per heavy atom. The average Bonchev–Trinajstić information content (AvgIpc) is 2.67. The molecule has 0 atom stereocenters. The van der Waals surface area contributed by atoms with E-state index in [-0.39, 0.29) is 11.6 Å². The average molecular weight is 385 g/mol. The highest BCUT2D eigenvalue weighted by molar-refractivity contribution is 8.00. The van der Waals surface area contributed by atoms with Gasteiger partial charge >= 0.3 is 6.09 Å². The Hall–Kier alpha value is -1.98. The van der Waals surface area contributed by atoms with Gasteiger partial charge in [0.2, 0.25) is 0 Å². The van der Waals surface area contributed by atoms with Crippen LogP contribution in [-0.4, -0.2) is 29.3 Å². The van der Waals surface area contributed by atoms with Gasteiger partial charge in [0.1, 0.15) is 6.61 Å². The van der Waals surface area contributed by atoms with E-state index in [1.807, 2.05) is 60.8 Å². The standard InChI is InChI=1S/C22H28N2O2S/c1-22(2,23)18-8-10-19(11-9-18)27-20-12-14-24(15-13-20)21(25)26-16-17-6-4-3-5-7-17/h3-11,20H,12-16,23H2,1-2H3. The zero-order valence-electron chi connectivity index (χ0n) is 16.1. The molecule has 1 aliphatic rings. The molecule has 0 saturated carbocycles. The number of rotatable bonds is 5. The molecule has 1 heterocycles. The summed E-state index contributed by atoms with van der Waals surface area (Å²) in [6, 6.07) is 18.3. The second kappa shape index (κ2) is 8.81. The van der Waals surface area contributed by atoms with Crippen LogP contribution in [0.1, 0.15) is 37.8 Å². The summed E-state index contributed by atoms with van der Waals surface area (Å²) in [4.78, 5) is 15.3. The molecule has 0 radical (unpaired) electrons. The first-order chi connectivity index (χ1) is 12.9. The van der Waals surface area contributed by atoms with Crippen LogP contribution in [0.15, 0.2) is 59.5 Å². The minimum Gasteiger partial charge on any atom is -0.445 e. The topological polar surface area (TPSA) is 55.6 Å². The van der Waals surface area contributed by atoms with Crippen LogP contribution in [-0.2, 0) is 16.9 Å². The lowest BCUT2D eigenvalue weighted by Gasteiger charge is -2.31. The van der Waals surface area contributed by atoms with Crippen molar-refractivity contribution in [3.8, 4) is 0 Å². The summed E-state index contributed by atoms with van der Waals surface area (Å²) >= 11 is 1.89. The molecule has 2 aromatic carbocycles. The van der Waals surface area contributed by atoms with E-state index in [1.165, 1.54) is 4.90 Å². The van der Waals surface area contributed by atoms with Gasteiger partial charge in [-0.25, -0.2) is 4.79 Å². The molecule has 5 heteroatoms. The predicted molar refractivity (Wildman–Crippen MR) is 111 cm³/mol. The summed E-state index contributed by atoms with van der Waals surface area (Å²) in [5.74, 6) is 0. The number of thioether (sulfide) groups is 1. The molecule has 0 unspecified atom stereocenters. The third kappa shape index (κ3) is 5.75. The van der Waals surface area contributed by atoms with Crippen molar-refractivity contribution in [2.75, 3.05) is 13.1 Å². The van der Waals surface area contributed by atoms with Crippen molar-refractivity contribution in [3.63, 3.8) is 0 Å². The second-order valence-corrected chi connectivity index (χ2v) is 8.96. The molecule has 0 aliphatic carbocycles. The van der Waals surface area contributed by atoms with Crippen LogP contribution in [0, 0.1) is 0 Å². The Kier molecular flexibility index (Phi) is 6.45. The van der Waals surface area contributed by atoms with Crippen LogP contribution in [0.5, 0.6) is 0 Å². The third-order valence-corrected chi connectivity index (χ3v) is 6.16. The predicted octanol–water partition coefficient (Wildman–Crippen LogP) is 4.77. The van der Waals surface area contributed by atoms with Crippen molar-refractivity contribution < 1.29 is 9.53 Å². The Morgan fingerprint density at radius 3 is 2.33 bits per heavy atom. The van der Waals surface area contributed by atoms with Gasteiger partial charge in [0.05, 0.1) is 0 Å². The van der Waals surface area contributed by atoms with Crippen LogP contribution in [0.3, 0.4) is 0 Å². The Balaban J connectivity index is 1.44. The van der Waals surface area contributed by atoms with Gasteiger partial charge in [0.25, 0.3) is 0 Å². The van der Waals surface area contributed by atoms with Gasteiger partial charge in [-0.2, -0.15) is 0 Å². The molecule has 3 rings (SSSR count). The summed E-state index contributed by atoms with van der Waals surface area (Å²) in [6.07, 6.45) is 1.75. The van der Waals surface area contributed by atoms with E-state index in [4.69, 9.17) is 10.5 Å². The van der Waals surface area contributed by atoms with Crippen molar-refractivity contribution in [1.82, 2.24) is 4.90 Å². The van der Waals surface area contributed by atoms with E-state index in [2.05, 4.69) is 24.3 Å². The molecule has 4 nitrogen and oxygen atoms in total. The lowest BCUT2D eigenvalue weighted by atomic mass is 9.96. The molecule has 144 valence electrons. The van der Waals surface area contributed by atoms with Gasteiger partial charge in [-0.3, -0.25) is 0 Å². The second-order valence-electron chi connectivity index (χ2n) is 7.59. The number of nitrogens with zero attached hydrogens (tertiary/aromatic N) is 1. The zero-order chi connectivity index (χ0) is 19.3. The van der Waals surface area contributed by atoms with Crippen molar-refractivity contribution in [2.45, 2.75) is 49.0 Å². The quantitative estimate of drug-likeness (QED) is 0.806. The van der Waals surface area contributed by atoms with Gasteiger partial charge in [-0.15, -0.1) is 11.8 Å². The monoisotopic (exact) mass is 384 g/mol. The Morgan fingerprint density at radius 2 is 1.74 bits per heavy atom. The number of benzene rings is 2. The molecule has 1 aliphatic heterocycles. The van der Waals surface area contributed by atoms with E-state index in [1.54, 1.807) is 0 Å². The molecule has 0 aromatic heterocycles. The van der Waals surface area contributed by atoms with Crippen LogP contribution in [0.25, 0.3) is 0 Å². The fourth-order valence-corrected chi connectivity index (χ4v) is 4.25. The first-order valence-electron chi connectivity index (χ1n) is 9.43. The lowest BCUT2D eigenvalue weighted by Crippen LogP contribution is -2.39. The maximum atomic E-state index is 12.3. The Labute approximate surface area is 166 Å². The molecule has 1 saturated heterocycles. The van der Waals surface area contributed by atoms with Crippen molar-refractivity contribution in [3.05, 3.63) is 65.7 Å². The van der Waals surface area contributed by atoms with Crippen LogP contribution in [0.4, 0.5) is 4.79 Å². The summed E-state index contributed by atoms with van der Waals surface area (Å²) < 4.78 is 5.43. The number of likely N-dealkylation sites (tertiary alicyclic amines) is 1. The van der Waals surface area contributed by atoms with E-state index < -0.39 is 0 Å². The molecule has 27 heavy (non-hydrogen) atoms. The molecule has 0 bridgehead atoms. The van der Waals surface area contributed by atoms with Gasteiger partial charge in [0, 0.05) is 28.8 Å². The van der Waals surface area contributed by atoms with Crippen molar-refractivity contribution in [2.24, 2.45) is 5.73 Å². The highest BCUT2D eigenvalue weighted by Gasteiger charge is 2.24. The van der Waals surface area contributed by atoms with Gasteiger partial charge in [-0.1, -0.05) is 42.5 Å². The van der Waals surface area contributed by atoms with E-state index in [0.717, 1.165) is 37.1 Å². The fraction of sp³-hybridized carbons (Fsp3) is 0.409. The van der Waals surface area contributed by atoms with Gasteiger partial charge in [-0.05, 0) is 49.9 Å². The van der Waals surface area contributed by atoms with Gasteiger partial charge in [0.15, 0.2) is 0 Å². The summed E-state index contributed by atoms with van der Waals surface area (Å²) in [5.41, 5.74) is 7.99. The molecule has 2 N–H and O–H groups in total. The minimum absolute atomic E-state index is 0.211. The number of carbonyl (C=O) groups is 1. The molecular weight excluding hydrogens is 356 g/mol.